The summed E-state index contributed by atoms with van der Waals surface area (Å²) in [5.74, 6) is -1.21. The SMILES string of the molecule is O=C(O)N1CC(c2ccc(F)nc2)=CC1=O. The molecule has 2 amide bonds. The number of hydrogen-bond donors (Lipinski definition) is 1. The van der Waals surface area contributed by atoms with E-state index < -0.39 is 17.9 Å². The van der Waals surface area contributed by atoms with Crippen molar-refractivity contribution in [1.82, 2.24) is 9.88 Å². The van der Waals surface area contributed by atoms with Gasteiger partial charge in [0, 0.05) is 12.3 Å². The third kappa shape index (κ3) is 1.77. The van der Waals surface area contributed by atoms with Gasteiger partial charge >= 0.3 is 6.09 Å². The molecule has 1 aliphatic rings. The third-order valence-electron chi connectivity index (χ3n) is 2.22. The Kier molecular flexibility index (Phi) is 2.40. The van der Waals surface area contributed by atoms with Gasteiger partial charge in [0.2, 0.25) is 5.95 Å². The van der Waals surface area contributed by atoms with Crippen LogP contribution in [0.25, 0.3) is 5.57 Å². The van der Waals surface area contributed by atoms with Crippen LogP contribution in [0.4, 0.5) is 9.18 Å². The van der Waals surface area contributed by atoms with Crippen molar-refractivity contribution in [3.8, 4) is 0 Å². The molecular formula is C10H7FN2O3. The van der Waals surface area contributed by atoms with E-state index in [0.717, 1.165) is 6.07 Å². The minimum atomic E-state index is -1.30. The zero-order valence-corrected chi connectivity index (χ0v) is 8.05. The van der Waals surface area contributed by atoms with E-state index in [-0.39, 0.29) is 6.54 Å². The molecule has 1 N–H and O–H groups in total. The van der Waals surface area contributed by atoms with Gasteiger partial charge in [-0.05, 0) is 23.3 Å². The Morgan fingerprint density at radius 2 is 2.25 bits per heavy atom. The van der Waals surface area contributed by atoms with Gasteiger partial charge in [-0.3, -0.25) is 4.79 Å². The van der Waals surface area contributed by atoms with Crippen LogP contribution >= 0.6 is 0 Å². The normalized spacial score (nSPS) is 15.2. The molecule has 1 aliphatic heterocycles. The van der Waals surface area contributed by atoms with Gasteiger partial charge in [0.25, 0.3) is 5.91 Å². The van der Waals surface area contributed by atoms with Gasteiger partial charge in [-0.2, -0.15) is 4.39 Å². The van der Waals surface area contributed by atoms with Crippen molar-refractivity contribution >= 4 is 17.6 Å². The summed E-state index contributed by atoms with van der Waals surface area (Å²) in [5, 5.41) is 8.69. The molecule has 82 valence electrons. The van der Waals surface area contributed by atoms with Crippen LogP contribution in [0.15, 0.2) is 24.4 Å². The van der Waals surface area contributed by atoms with Crippen molar-refractivity contribution in [2.75, 3.05) is 6.54 Å². The number of imide groups is 1. The van der Waals surface area contributed by atoms with E-state index in [1.54, 1.807) is 0 Å². The van der Waals surface area contributed by atoms with E-state index in [2.05, 4.69) is 4.98 Å². The molecule has 6 heteroatoms. The molecule has 2 rings (SSSR count). The van der Waals surface area contributed by atoms with E-state index in [4.69, 9.17) is 5.11 Å². The Morgan fingerprint density at radius 1 is 1.50 bits per heavy atom. The zero-order valence-electron chi connectivity index (χ0n) is 8.05. The fourth-order valence-electron chi connectivity index (χ4n) is 1.42. The lowest BCUT2D eigenvalue weighted by Gasteiger charge is -2.09. The molecule has 0 radical (unpaired) electrons. The molecule has 2 heterocycles. The van der Waals surface area contributed by atoms with Gasteiger partial charge in [0.05, 0.1) is 6.54 Å². The van der Waals surface area contributed by atoms with E-state index in [1.807, 2.05) is 0 Å². The Morgan fingerprint density at radius 3 is 2.75 bits per heavy atom. The van der Waals surface area contributed by atoms with Crippen LogP contribution < -0.4 is 0 Å². The predicted molar refractivity (Wildman–Crippen MR) is 51.9 cm³/mol. The number of aromatic nitrogens is 1. The van der Waals surface area contributed by atoms with Crippen LogP contribution in [-0.4, -0.2) is 33.5 Å². The van der Waals surface area contributed by atoms with Gasteiger partial charge in [-0.25, -0.2) is 14.7 Å². The van der Waals surface area contributed by atoms with E-state index in [1.165, 1.54) is 18.3 Å². The first-order valence-electron chi connectivity index (χ1n) is 4.45. The van der Waals surface area contributed by atoms with Gasteiger partial charge in [-0.1, -0.05) is 0 Å². The highest BCUT2D eigenvalue weighted by atomic mass is 19.1. The topological polar surface area (TPSA) is 70.5 Å². The fourth-order valence-corrected chi connectivity index (χ4v) is 1.42. The number of rotatable bonds is 1. The Hall–Kier alpha value is -2.24. The molecule has 0 saturated carbocycles. The highest BCUT2D eigenvalue weighted by Crippen LogP contribution is 2.21. The van der Waals surface area contributed by atoms with Crippen LogP contribution in [0.1, 0.15) is 5.56 Å². The predicted octanol–water partition coefficient (Wildman–Crippen LogP) is 1.12. The number of hydrogen-bond acceptors (Lipinski definition) is 3. The number of amides is 2. The van der Waals surface area contributed by atoms with E-state index in [9.17, 15) is 14.0 Å². The van der Waals surface area contributed by atoms with Crippen LogP contribution in [0.5, 0.6) is 0 Å². The number of nitrogens with zero attached hydrogens (tertiary/aromatic N) is 2. The molecule has 1 aromatic heterocycles. The summed E-state index contributed by atoms with van der Waals surface area (Å²) >= 11 is 0. The molecule has 0 spiro atoms. The maximum absolute atomic E-state index is 12.6. The molecule has 5 nitrogen and oxygen atoms in total. The summed E-state index contributed by atoms with van der Waals surface area (Å²) in [5.41, 5.74) is 1.05. The first-order chi connectivity index (χ1) is 7.58. The van der Waals surface area contributed by atoms with Crippen LogP contribution in [0.2, 0.25) is 0 Å². The molecule has 0 aromatic carbocycles. The third-order valence-corrected chi connectivity index (χ3v) is 2.22. The standard InChI is InChI=1S/C10H7FN2O3/c11-8-2-1-6(4-12-8)7-3-9(14)13(5-7)10(15)16/h1-4H,5H2,(H,15,16). The Balaban J connectivity index is 2.25. The van der Waals surface area contributed by atoms with Crippen molar-refractivity contribution in [1.29, 1.82) is 0 Å². The molecule has 0 unspecified atom stereocenters. The molecule has 0 saturated heterocycles. The average Bonchev–Trinajstić information content (AvgIpc) is 2.61. The van der Waals surface area contributed by atoms with Crippen LogP contribution in [0.3, 0.4) is 0 Å². The number of carboxylic acid groups (broad SMARTS) is 1. The lowest BCUT2D eigenvalue weighted by molar-refractivity contribution is -0.122. The highest BCUT2D eigenvalue weighted by molar-refractivity contribution is 6.07. The second-order valence-electron chi connectivity index (χ2n) is 3.25. The number of halogens is 1. The van der Waals surface area contributed by atoms with Crippen molar-refractivity contribution in [2.45, 2.75) is 0 Å². The molecule has 0 bridgehead atoms. The lowest BCUT2D eigenvalue weighted by atomic mass is 10.1. The van der Waals surface area contributed by atoms with Gasteiger partial charge < -0.3 is 5.11 Å². The summed E-state index contributed by atoms with van der Waals surface area (Å²) in [6, 6.07) is 2.61. The summed E-state index contributed by atoms with van der Waals surface area (Å²) in [7, 11) is 0. The molecule has 0 fully saturated rings. The van der Waals surface area contributed by atoms with Crippen molar-refractivity contribution in [2.24, 2.45) is 0 Å². The quantitative estimate of drug-likeness (QED) is 0.723. The number of pyridine rings is 1. The summed E-state index contributed by atoms with van der Waals surface area (Å²) in [6.07, 6.45) is 1.18. The maximum Gasteiger partial charge on any atom is 0.414 e. The summed E-state index contributed by atoms with van der Waals surface area (Å²) in [6.45, 7) is -0.0263. The highest BCUT2D eigenvalue weighted by Gasteiger charge is 2.27. The molecule has 0 aliphatic carbocycles. The van der Waals surface area contributed by atoms with Crippen LogP contribution in [-0.2, 0) is 4.79 Å². The van der Waals surface area contributed by atoms with Gasteiger partial charge in [-0.15, -0.1) is 0 Å². The smallest absolute Gasteiger partial charge is 0.414 e. The zero-order chi connectivity index (χ0) is 11.7. The van der Waals surface area contributed by atoms with Gasteiger partial charge in [0.15, 0.2) is 0 Å². The summed E-state index contributed by atoms with van der Waals surface area (Å²) < 4.78 is 12.6. The van der Waals surface area contributed by atoms with Crippen molar-refractivity contribution in [3.63, 3.8) is 0 Å². The molecule has 0 atom stereocenters. The largest absolute Gasteiger partial charge is 0.465 e. The molecule has 1 aromatic rings. The molecule has 16 heavy (non-hydrogen) atoms. The molecular weight excluding hydrogens is 215 g/mol. The van der Waals surface area contributed by atoms with Gasteiger partial charge in [0.1, 0.15) is 0 Å². The summed E-state index contributed by atoms with van der Waals surface area (Å²) in [4.78, 5) is 26.0. The van der Waals surface area contributed by atoms with Crippen molar-refractivity contribution in [3.05, 3.63) is 35.9 Å². The second-order valence-corrected chi connectivity index (χ2v) is 3.25. The lowest BCUT2D eigenvalue weighted by Crippen LogP contribution is -2.31. The average molecular weight is 222 g/mol. The number of carbonyl (C=O) groups is 2. The first kappa shape index (κ1) is 10.3. The second kappa shape index (κ2) is 3.73. The monoisotopic (exact) mass is 222 g/mol. The Bertz CT molecular complexity index is 481. The number of carbonyl (C=O) groups excluding carboxylic acids is 1. The fraction of sp³-hybridized carbons (Fsp3) is 0.100. The van der Waals surface area contributed by atoms with Crippen molar-refractivity contribution < 1.29 is 19.1 Å². The van der Waals surface area contributed by atoms with E-state index in [0.29, 0.717) is 16.0 Å². The van der Waals surface area contributed by atoms with Crippen LogP contribution in [0, 0.1) is 5.95 Å². The minimum Gasteiger partial charge on any atom is -0.465 e. The minimum absolute atomic E-state index is 0.0263. The maximum atomic E-state index is 12.6. The Labute approximate surface area is 89.8 Å². The van der Waals surface area contributed by atoms with E-state index >= 15 is 0 Å². The first-order valence-corrected chi connectivity index (χ1v) is 4.45.